The maximum absolute atomic E-state index is 5.77. The SMILES string of the molecule is c1ccc(Oc2ccc(CNc3cccnc3)cc2)cc1. The largest absolute Gasteiger partial charge is 0.457 e. The van der Waals surface area contributed by atoms with Crippen LogP contribution >= 0.6 is 0 Å². The highest BCUT2D eigenvalue weighted by molar-refractivity contribution is 5.41. The van der Waals surface area contributed by atoms with E-state index < -0.39 is 0 Å². The summed E-state index contributed by atoms with van der Waals surface area (Å²) in [6, 6.07) is 21.8. The summed E-state index contributed by atoms with van der Waals surface area (Å²) in [6.45, 7) is 0.761. The van der Waals surface area contributed by atoms with Gasteiger partial charge in [-0.3, -0.25) is 4.98 Å². The Morgan fingerprint density at radius 2 is 1.57 bits per heavy atom. The average molecular weight is 276 g/mol. The number of pyridine rings is 1. The van der Waals surface area contributed by atoms with E-state index in [-0.39, 0.29) is 0 Å². The Balaban J connectivity index is 1.59. The summed E-state index contributed by atoms with van der Waals surface area (Å²) in [4.78, 5) is 4.08. The summed E-state index contributed by atoms with van der Waals surface area (Å²) in [5, 5.41) is 3.33. The van der Waals surface area contributed by atoms with Gasteiger partial charge in [-0.25, -0.2) is 0 Å². The van der Waals surface area contributed by atoms with Crippen molar-refractivity contribution < 1.29 is 4.74 Å². The van der Waals surface area contributed by atoms with Crippen LogP contribution < -0.4 is 10.1 Å². The summed E-state index contributed by atoms with van der Waals surface area (Å²) >= 11 is 0. The van der Waals surface area contributed by atoms with Crippen molar-refractivity contribution in [2.45, 2.75) is 6.54 Å². The minimum atomic E-state index is 0.761. The molecule has 0 fully saturated rings. The second kappa shape index (κ2) is 6.57. The van der Waals surface area contributed by atoms with Gasteiger partial charge in [0.05, 0.1) is 5.69 Å². The van der Waals surface area contributed by atoms with Crippen molar-refractivity contribution in [3.63, 3.8) is 0 Å². The van der Waals surface area contributed by atoms with Crippen LogP contribution in [0.15, 0.2) is 79.1 Å². The van der Waals surface area contributed by atoms with Crippen LogP contribution in [-0.2, 0) is 6.54 Å². The molecule has 1 aromatic heterocycles. The number of nitrogens with zero attached hydrogens (tertiary/aromatic N) is 1. The first-order chi connectivity index (χ1) is 10.4. The molecule has 104 valence electrons. The van der Waals surface area contributed by atoms with Crippen LogP contribution in [-0.4, -0.2) is 4.98 Å². The van der Waals surface area contributed by atoms with Gasteiger partial charge >= 0.3 is 0 Å². The molecule has 0 spiro atoms. The molecule has 0 saturated carbocycles. The molecule has 0 bridgehead atoms. The maximum atomic E-state index is 5.77. The molecule has 0 unspecified atom stereocenters. The molecule has 0 aliphatic rings. The van der Waals surface area contributed by atoms with Gasteiger partial charge < -0.3 is 10.1 Å². The number of hydrogen-bond acceptors (Lipinski definition) is 3. The number of anilines is 1. The quantitative estimate of drug-likeness (QED) is 0.745. The van der Waals surface area contributed by atoms with Crippen LogP contribution in [0.5, 0.6) is 11.5 Å². The number of hydrogen-bond donors (Lipinski definition) is 1. The zero-order chi connectivity index (χ0) is 14.3. The van der Waals surface area contributed by atoms with Crippen LogP contribution in [0.3, 0.4) is 0 Å². The van der Waals surface area contributed by atoms with E-state index in [1.165, 1.54) is 5.56 Å². The zero-order valence-electron chi connectivity index (χ0n) is 11.6. The van der Waals surface area contributed by atoms with Crippen LogP contribution in [0.2, 0.25) is 0 Å². The fourth-order valence-corrected chi connectivity index (χ4v) is 1.97. The second-order valence-electron chi connectivity index (χ2n) is 4.65. The van der Waals surface area contributed by atoms with E-state index in [4.69, 9.17) is 4.74 Å². The highest BCUT2D eigenvalue weighted by Gasteiger charge is 1.98. The first-order valence-electron chi connectivity index (χ1n) is 6.86. The molecule has 21 heavy (non-hydrogen) atoms. The molecule has 0 aliphatic carbocycles. The molecule has 1 N–H and O–H groups in total. The highest BCUT2D eigenvalue weighted by Crippen LogP contribution is 2.21. The monoisotopic (exact) mass is 276 g/mol. The predicted octanol–water partition coefficient (Wildman–Crippen LogP) is 4.49. The normalized spacial score (nSPS) is 10.1. The van der Waals surface area contributed by atoms with Gasteiger partial charge in [0, 0.05) is 18.9 Å². The Morgan fingerprint density at radius 3 is 2.29 bits per heavy atom. The lowest BCUT2D eigenvalue weighted by Gasteiger charge is -2.08. The molecular formula is C18H16N2O. The van der Waals surface area contributed by atoms with Gasteiger partial charge in [-0.15, -0.1) is 0 Å². The Hall–Kier alpha value is -2.81. The molecule has 0 amide bonds. The lowest BCUT2D eigenvalue weighted by atomic mass is 10.2. The number of aromatic nitrogens is 1. The average Bonchev–Trinajstić information content (AvgIpc) is 2.56. The number of nitrogens with one attached hydrogen (secondary N) is 1. The van der Waals surface area contributed by atoms with Crippen molar-refractivity contribution in [2.75, 3.05) is 5.32 Å². The molecule has 3 rings (SSSR count). The molecular weight excluding hydrogens is 260 g/mol. The summed E-state index contributed by atoms with van der Waals surface area (Å²) in [7, 11) is 0. The van der Waals surface area contributed by atoms with Crippen molar-refractivity contribution in [1.29, 1.82) is 0 Å². The third-order valence-corrected chi connectivity index (χ3v) is 3.06. The van der Waals surface area contributed by atoms with E-state index in [9.17, 15) is 0 Å². The third-order valence-electron chi connectivity index (χ3n) is 3.06. The van der Waals surface area contributed by atoms with Crippen molar-refractivity contribution >= 4 is 5.69 Å². The molecule has 1 heterocycles. The second-order valence-corrected chi connectivity index (χ2v) is 4.65. The van der Waals surface area contributed by atoms with E-state index in [1.807, 2.05) is 60.8 Å². The maximum Gasteiger partial charge on any atom is 0.127 e. The molecule has 0 aliphatic heterocycles. The van der Waals surface area contributed by atoms with Gasteiger partial charge in [0.1, 0.15) is 11.5 Å². The minimum Gasteiger partial charge on any atom is -0.457 e. The van der Waals surface area contributed by atoms with Gasteiger partial charge in [0.15, 0.2) is 0 Å². The van der Waals surface area contributed by atoms with E-state index in [1.54, 1.807) is 6.20 Å². The molecule has 3 nitrogen and oxygen atoms in total. The van der Waals surface area contributed by atoms with E-state index >= 15 is 0 Å². The smallest absolute Gasteiger partial charge is 0.127 e. The molecule has 0 saturated heterocycles. The fraction of sp³-hybridized carbons (Fsp3) is 0.0556. The van der Waals surface area contributed by atoms with Gasteiger partial charge in [-0.1, -0.05) is 30.3 Å². The number of para-hydroxylation sites is 1. The van der Waals surface area contributed by atoms with Gasteiger partial charge in [-0.05, 0) is 42.0 Å². The highest BCUT2D eigenvalue weighted by atomic mass is 16.5. The Labute approximate surface area is 124 Å². The van der Waals surface area contributed by atoms with Crippen molar-refractivity contribution in [1.82, 2.24) is 4.98 Å². The summed E-state index contributed by atoms with van der Waals surface area (Å²) in [5.41, 5.74) is 2.21. The molecule has 3 heteroatoms. The van der Waals surface area contributed by atoms with Crippen molar-refractivity contribution in [3.05, 3.63) is 84.7 Å². The van der Waals surface area contributed by atoms with Crippen molar-refractivity contribution in [3.8, 4) is 11.5 Å². The van der Waals surface area contributed by atoms with Gasteiger partial charge in [0.2, 0.25) is 0 Å². The fourth-order valence-electron chi connectivity index (χ4n) is 1.97. The molecule has 0 atom stereocenters. The number of ether oxygens (including phenoxy) is 1. The number of benzene rings is 2. The lowest BCUT2D eigenvalue weighted by molar-refractivity contribution is 0.482. The third kappa shape index (κ3) is 3.83. The number of rotatable bonds is 5. The van der Waals surface area contributed by atoms with Gasteiger partial charge in [0.25, 0.3) is 0 Å². The summed E-state index contributed by atoms with van der Waals surface area (Å²) in [5.74, 6) is 1.69. The van der Waals surface area contributed by atoms with Gasteiger partial charge in [-0.2, -0.15) is 0 Å². The molecule has 0 radical (unpaired) electrons. The van der Waals surface area contributed by atoms with Crippen LogP contribution in [0.25, 0.3) is 0 Å². The van der Waals surface area contributed by atoms with Crippen LogP contribution in [0, 0.1) is 0 Å². The first-order valence-corrected chi connectivity index (χ1v) is 6.86. The lowest BCUT2D eigenvalue weighted by Crippen LogP contribution is -1.99. The Bertz CT molecular complexity index is 667. The van der Waals surface area contributed by atoms with Crippen LogP contribution in [0.4, 0.5) is 5.69 Å². The molecule has 3 aromatic rings. The van der Waals surface area contributed by atoms with Crippen LogP contribution in [0.1, 0.15) is 5.56 Å². The first kappa shape index (κ1) is 13.2. The predicted molar refractivity (Wildman–Crippen MR) is 84.5 cm³/mol. The topological polar surface area (TPSA) is 34.1 Å². The summed E-state index contributed by atoms with van der Waals surface area (Å²) in [6.07, 6.45) is 3.58. The minimum absolute atomic E-state index is 0.761. The van der Waals surface area contributed by atoms with Crippen molar-refractivity contribution in [2.24, 2.45) is 0 Å². The zero-order valence-corrected chi connectivity index (χ0v) is 11.6. The summed E-state index contributed by atoms with van der Waals surface area (Å²) < 4.78 is 5.77. The Morgan fingerprint density at radius 1 is 0.810 bits per heavy atom. The van der Waals surface area contributed by atoms with E-state index in [0.717, 1.165) is 23.7 Å². The molecule has 2 aromatic carbocycles. The Kier molecular flexibility index (Phi) is 4.12. The standard InChI is InChI=1S/C18H16N2O/c1-2-6-17(7-3-1)21-18-10-8-15(9-11-18)13-20-16-5-4-12-19-14-16/h1-12,14,20H,13H2. The van der Waals surface area contributed by atoms with E-state index in [2.05, 4.69) is 22.4 Å². The van der Waals surface area contributed by atoms with E-state index in [0.29, 0.717) is 0 Å².